The second-order valence-electron chi connectivity index (χ2n) is 6.06. The van der Waals surface area contributed by atoms with Gasteiger partial charge in [0.25, 0.3) is 0 Å². The second kappa shape index (κ2) is 6.82. The zero-order chi connectivity index (χ0) is 16.2. The van der Waals surface area contributed by atoms with Crippen molar-refractivity contribution in [1.29, 1.82) is 0 Å². The fraction of sp³-hybridized carbons (Fsp3) is 0.368. The van der Waals surface area contributed by atoms with E-state index >= 15 is 0 Å². The van der Waals surface area contributed by atoms with Crippen LogP contribution in [-0.2, 0) is 4.79 Å². The number of aromatic nitrogens is 2. The Morgan fingerprint density at radius 2 is 2.22 bits per heavy atom. The van der Waals surface area contributed by atoms with E-state index in [-0.39, 0.29) is 11.7 Å². The van der Waals surface area contributed by atoms with Gasteiger partial charge in [-0.3, -0.25) is 0 Å². The summed E-state index contributed by atoms with van der Waals surface area (Å²) < 4.78 is 5.41. The average molecular weight is 310 g/mol. The molecule has 0 aliphatic carbocycles. The van der Waals surface area contributed by atoms with Crippen LogP contribution in [0, 0.1) is 0 Å². The molecular formula is C19H22N2O2. The minimum absolute atomic E-state index is 0.237. The van der Waals surface area contributed by atoms with Gasteiger partial charge in [0.2, 0.25) is 0 Å². The van der Waals surface area contributed by atoms with E-state index in [1.165, 1.54) is 5.56 Å². The first-order chi connectivity index (χ1) is 11.2. The summed E-state index contributed by atoms with van der Waals surface area (Å²) in [5, 5.41) is 1.10. The van der Waals surface area contributed by atoms with Crippen LogP contribution >= 0.6 is 0 Å². The number of aromatic amines is 1. The summed E-state index contributed by atoms with van der Waals surface area (Å²) in [4.78, 5) is 19.5. The molecule has 1 N–H and O–H groups in total. The number of nitrogens with one attached hydrogen (secondary N) is 1. The van der Waals surface area contributed by atoms with Gasteiger partial charge in [-0.1, -0.05) is 19.8 Å². The van der Waals surface area contributed by atoms with E-state index < -0.39 is 0 Å². The zero-order valence-electron chi connectivity index (χ0n) is 13.6. The van der Waals surface area contributed by atoms with Crippen LogP contribution in [0.1, 0.15) is 51.0 Å². The topological polar surface area (TPSA) is 58.9 Å². The van der Waals surface area contributed by atoms with Crippen LogP contribution < -0.4 is 0 Å². The smallest absolute Gasteiger partial charge is 0.152 e. The summed E-state index contributed by atoms with van der Waals surface area (Å²) in [5.41, 5.74) is 2.86. The lowest BCUT2D eigenvalue weighted by molar-refractivity contribution is -0.117. The van der Waals surface area contributed by atoms with Gasteiger partial charge >= 0.3 is 0 Å². The van der Waals surface area contributed by atoms with Gasteiger partial charge in [-0.05, 0) is 49.1 Å². The van der Waals surface area contributed by atoms with Gasteiger partial charge in [0.15, 0.2) is 5.76 Å². The van der Waals surface area contributed by atoms with Crippen molar-refractivity contribution in [2.45, 2.75) is 45.4 Å². The number of ketones is 1. The SMILES string of the molecule is CCCCC(CC(C)=O)c1c[nH]c2nc(-c3ccco3)ccc12. The number of furan rings is 1. The summed E-state index contributed by atoms with van der Waals surface area (Å²) in [6.45, 7) is 3.85. The Balaban J connectivity index is 1.95. The van der Waals surface area contributed by atoms with Gasteiger partial charge in [0, 0.05) is 18.0 Å². The first-order valence-corrected chi connectivity index (χ1v) is 8.20. The van der Waals surface area contributed by atoms with Gasteiger partial charge in [0.1, 0.15) is 17.1 Å². The van der Waals surface area contributed by atoms with Crippen molar-refractivity contribution >= 4 is 16.8 Å². The summed E-state index contributed by atoms with van der Waals surface area (Å²) in [5.74, 6) is 1.26. The quantitative estimate of drug-likeness (QED) is 0.662. The van der Waals surface area contributed by atoms with Crippen molar-refractivity contribution in [3.63, 3.8) is 0 Å². The summed E-state index contributed by atoms with van der Waals surface area (Å²) >= 11 is 0. The molecule has 1 atom stereocenters. The Morgan fingerprint density at radius 1 is 1.35 bits per heavy atom. The number of hydrogen-bond donors (Lipinski definition) is 1. The predicted octanol–water partition coefficient (Wildman–Crippen LogP) is 5.08. The molecule has 0 fully saturated rings. The van der Waals surface area contributed by atoms with E-state index in [4.69, 9.17) is 4.42 Å². The number of carbonyl (C=O) groups is 1. The molecule has 3 aromatic heterocycles. The molecule has 0 aliphatic rings. The van der Waals surface area contributed by atoms with Crippen LogP contribution in [0.15, 0.2) is 41.1 Å². The minimum atomic E-state index is 0.237. The van der Waals surface area contributed by atoms with Crippen molar-refractivity contribution in [2.24, 2.45) is 0 Å². The first-order valence-electron chi connectivity index (χ1n) is 8.20. The number of carbonyl (C=O) groups excluding carboxylic acids is 1. The Morgan fingerprint density at radius 3 is 2.91 bits per heavy atom. The van der Waals surface area contributed by atoms with Crippen LogP contribution in [0.5, 0.6) is 0 Å². The number of pyridine rings is 1. The van der Waals surface area contributed by atoms with Crippen LogP contribution in [0.2, 0.25) is 0 Å². The monoisotopic (exact) mass is 310 g/mol. The molecule has 3 rings (SSSR count). The third kappa shape index (κ3) is 3.36. The van der Waals surface area contributed by atoms with Gasteiger partial charge in [-0.25, -0.2) is 4.98 Å². The molecule has 3 aromatic rings. The number of Topliss-reactive ketones (excluding diaryl/α,β-unsaturated/α-hetero) is 1. The maximum Gasteiger partial charge on any atom is 0.152 e. The third-order valence-electron chi connectivity index (χ3n) is 4.22. The highest BCUT2D eigenvalue weighted by Gasteiger charge is 2.18. The summed E-state index contributed by atoms with van der Waals surface area (Å²) in [6.07, 6.45) is 7.54. The maximum atomic E-state index is 11.6. The lowest BCUT2D eigenvalue weighted by Gasteiger charge is -2.14. The Bertz CT molecular complexity index is 787. The van der Waals surface area contributed by atoms with E-state index in [1.807, 2.05) is 24.4 Å². The van der Waals surface area contributed by atoms with Crippen molar-refractivity contribution in [1.82, 2.24) is 9.97 Å². The van der Waals surface area contributed by atoms with Crippen LogP contribution in [-0.4, -0.2) is 15.8 Å². The molecule has 3 heterocycles. The van der Waals surface area contributed by atoms with Gasteiger partial charge in [-0.15, -0.1) is 0 Å². The number of unbranched alkanes of at least 4 members (excludes halogenated alkanes) is 1. The van der Waals surface area contributed by atoms with Gasteiger partial charge in [0.05, 0.1) is 6.26 Å². The van der Waals surface area contributed by atoms with Crippen molar-refractivity contribution in [3.05, 3.63) is 42.3 Å². The number of hydrogen-bond acceptors (Lipinski definition) is 3. The highest BCUT2D eigenvalue weighted by molar-refractivity contribution is 5.84. The van der Waals surface area contributed by atoms with Gasteiger partial charge < -0.3 is 14.2 Å². The number of fused-ring (bicyclic) bond motifs is 1. The van der Waals surface area contributed by atoms with Crippen LogP contribution in [0.4, 0.5) is 0 Å². The third-order valence-corrected chi connectivity index (χ3v) is 4.22. The highest BCUT2D eigenvalue weighted by Crippen LogP contribution is 2.32. The fourth-order valence-corrected chi connectivity index (χ4v) is 3.09. The Labute approximate surface area is 135 Å². The summed E-state index contributed by atoms with van der Waals surface area (Å²) in [6, 6.07) is 7.81. The predicted molar refractivity (Wildman–Crippen MR) is 91.4 cm³/mol. The molecule has 0 aromatic carbocycles. The molecule has 0 radical (unpaired) electrons. The molecule has 0 bridgehead atoms. The molecule has 4 heteroatoms. The lowest BCUT2D eigenvalue weighted by Crippen LogP contribution is -2.04. The highest BCUT2D eigenvalue weighted by atomic mass is 16.3. The molecule has 120 valence electrons. The molecule has 0 saturated carbocycles. The van der Waals surface area contributed by atoms with Crippen molar-refractivity contribution in [2.75, 3.05) is 0 Å². The molecular weight excluding hydrogens is 288 g/mol. The van der Waals surface area contributed by atoms with E-state index in [2.05, 4.69) is 23.0 Å². The molecule has 0 aliphatic heterocycles. The second-order valence-corrected chi connectivity index (χ2v) is 6.06. The van der Waals surface area contributed by atoms with Crippen LogP contribution in [0.25, 0.3) is 22.5 Å². The van der Waals surface area contributed by atoms with Crippen molar-refractivity contribution in [3.8, 4) is 11.5 Å². The molecule has 4 nitrogen and oxygen atoms in total. The summed E-state index contributed by atoms with van der Waals surface area (Å²) in [7, 11) is 0. The molecule has 0 spiro atoms. The molecule has 0 amide bonds. The van der Waals surface area contributed by atoms with Gasteiger partial charge in [-0.2, -0.15) is 0 Å². The fourth-order valence-electron chi connectivity index (χ4n) is 3.09. The molecule has 0 saturated heterocycles. The molecule has 1 unspecified atom stereocenters. The normalized spacial score (nSPS) is 12.6. The largest absolute Gasteiger partial charge is 0.463 e. The maximum absolute atomic E-state index is 11.6. The zero-order valence-corrected chi connectivity index (χ0v) is 13.6. The average Bonchev–Trinajstić information content (AvgIpc) is 3.19. The standard InChI is InChI=1S/C19H22N2O2/c1-3-4-6-14(11-13(2)22)16-12-20-19-15(16)8-9-17(21-19)18-7-5-10-23-18/h5,7-10,12,14H,3-4,6,11H2,1-2H3,(H,20,21). The van der Waals surface area contributed by atoms with E-state index in [0.717, 1.165) is 41.8 Å². The minimum Gasteiger partial charge on any atom is -0.463 e. The van der Waals surface area contributed by atoms with Crippen molar-refractivity contribution < 1.29 is 9.21 Å². The molecule has 23 heavy (non-hydrogen) atoms. The number of nitrogens with zero attached hydrogens (tertiary/aromatic N) is 1. The van der Waals surface area contributed by atoms with E-state index in [0.29, 0.717) is 6.42 Å². The van der Waals surface area contributed by atoms with E-state index in [1.54, 1.807) is 13.2 Å². The first kappa shape index (κ1) is 15.5. The number of rotatable bonds is 7. The lowest BCUT2D eigenvalue weighted by atomic mass is 9.89. The van der Waals surface area contributed by atoms with E-state index in [9.17, 15) is 4.79 Å². The van der Waals surface area contributed by atoms with Crippen LogP contribution in [0.3, 0.4) is 0 Å². The number of H-pyrrole nitrogens is 1. The Kier molecular flexibility index (Phi) is 4.60. The Hall–Kier alpha value is -2.36.